The van der Waals surface area contributed by atoms with Gasteiger partial charge in [0.2, 0.25) is 0 Å². The maximum absolute atomic E-state index is 12.4. The number of ether oxygens (including phenoxy) is 1. The number of carbonyl (C=O) groups excluding carboxylic acids is 1. The summed E-state index contributed by atoms with van der Waals surface area (Å²) in [6.07, 6.45) is 4.97. The molecule has 1 fully saturated rings. The number of nitrogens with zero attached hydrogens (tertiary/aromatic N) is 3. The number of aryl methyl sites for hydroxylation is 1. The predicted molar refractivity (Wildman–Crippen MR) is 95.2 cm³/mol. The van der Waals surface area contributed by atoms with Crippen LogP contribution >= 0.6 is 15.9 Å². The molecular weight excluding hydrogens is 372 g/mol. The van der Waals surface area contributed by atoms with Crippen LogP contribution in [0.4, 0.5) is 10.5 Å². The van der Waals surface area contributed by atoms with E-state index in [1.165, 1.54) is 0 Å². The Morgan fingerprint density at radius 1 is 1.29 bits per heavy atom. The van der Waals surface area contributed by atoms with Crippen molar-refractivity contribution in [1.29, 1.82) is 0 Å². The van der Waals surface area contributed by atoms with Gasteiger partial charge in [0.25, 0.3) is 0 Å². The number of anilines is 1. The fourth-order valence-electron chi connectivity index (χ4n) is 2.57. The molecule has 0 saturated carbocycles. The number of carbonyl (C=O) groups is 1. The molecule has 1 aromatic carbocycles. The van der Waals surface area contributed by atoms with Crippen molar-refractivity contribution in [2.45, 2.75) is 25.9 Å². The summed E-state index contributed by atoms with van der Waals surface area (Å²) in [6.45, 7) is 3.26. The van der Waals surface area contributed by atoms with Crippen LogP contribution in [0.2, 0.25) is 0 Å². The molecule has 1 unspecified atom stereocenters. The molecule has 0 aliphatic carbocycles. The Bertz CT molecular complexity index is 691. The van der Waals surface area contributed by atoms with Crippen molar-refractivity contribution in [2.75, 3.05) is 18.4 Å². The van der Waals surface area contributed by atoms with E-state index >= 15 is 0 Å². The second kappa shape index (κ2) is 7.61. The van der Waals surface area contributed by atoms with E-state index in [0.29, 0.717) is 12.6 Å². The first kappa shape index (κ1) is 16.7. The molecule has 0 radical (unpaired) electrons. The van der Waals surface area contributed by atoms with E-state index in [4.69, 9.17) is 4.74 Å². The number of urea groups is 1. The Balaban J connectivity index is 1.57. The highest BCUT2D eigenvalue weighted by molar-refractivity contribution is 9.10. The molecule has 24 heavy (non-hydrogen) atoms. The van der Waals surface area contributed by atoms with Crippen LogP contribution in [0.15, 0.2) is 41.1 Å². The summed E-state index contributed by atoms with van der Waals surface area (Å²) in [7, 11) is 0. The number of hydrogen-bond acceptors (Lipinski definition) is 4. The van der Waals surface area contributed by atoms with E-state index < -0.39 is 0 Å². The zero-order chi connectivity index (χ0) is 16.9. The van der Waals surface area contributed by atoms with Crippen LogP contribution in [-0.2, 0) is 0 Å². The van der Waals surface area contributed by atoms with Crippen molar-refractivity contribution in [1.82, 2.24) is 14.9 Å². The molecule has 1 aliphatic heterocycles. The minimum absolute atomic E-state index is 0.0938. The van der Waals surface area contributed by atoms with E-state index in [1.54, 1.807) is 17.3 Å². The lowest BCUT2D eigenvalue weighted by Crippen LogP contribution is -2.46. The van der Waals surface area contributed by atoms with Crippen molar-refractivity contribution in [2.24, 2.45) is 0 Å². The van der Waals surface area contributed by atoms with Crippen molar-refractivity contribution in [3.05, 3.63) is 46.7 Å². The highest BCUT2D eigenvalue weighted by atomic mass is 79.9. The molecule has 0 bridgehead atoms. The van der Waals surface area contributed by atoms with Crippen LogP contribution < -0.4 is 10.1 Å². The lowest BCUT2D eigenvalue weighted by molar-refractivity contribution is 0.0982. The quantitative estimate of drug-likeness (QED) is 0.868. The van der Waals surface area contributed by atoms with Crippen molar-refractivity contribution in [3.63, 3.8) is 0 Å². The highest BCUT2D eigenvalue weighted by Gasteiger charge is 2.25. The summed E-state index contributed by atoms with van der Waals surface area (Å²) in [4.78, 5) is 22.4. The molecule has 2 aromatic rings. The summed E-state index contributed by atoms with van der Waals surface area (Å²) in [5, 5.41) is 2.92. The van der Waals surface area contributed by atoms with Gasteiger partial charge in [-0.05, 0) is 47.8 Å². The number of rotatable bonds is 3. The van der Waals surface area contributed by atoms with Gasteiger partial charge in [0.05, 0.1) is 11.0 Å². The fourth-order valence-corrected chi connectivity index (χ4v) is 2.77. The maximum atomic E-state index is 12.4. The Morgan fingerprint density at radius 3 is 2.71 bits per heavy atom. The smallest absolute Gasteiger partial charge is 0.321 e. The van der Waals surface area contributed by atoms with Crippen LogP contribution in [0.3, 0.4) is 0 Å². The summed E-state index contributed by atoms with van der Waals surface area (Å²) in [5.41, 5.74) is 1.96. The Kier molecular flexibility index (Phi) is 5.30. The number of piperidine rings is 1. The number of likely N-dealkylation sites (tertiary alicyclic amines) is 1. The summed E-state index contributed by atoms with van der Waals surface area (Å²) in [5.74, 6) is 0. The van der Waals surface area contributed by atoms with Crippen LogP contribution in [-0.4, -0.2) is 40.1 Å². The zero-order valence-electron chi connectivity index (χ0n) is 13.4. The van der Waals surface area contributed by atoms with E-state index in [0.717, 1.165) is 35.1 Å². The maximum Gasteiger partial charge on any atom is 0.321 e. The molecule has 1 N–H and O–H groups in total. The minimum atomic E-state index is -0.108. The van der Waals surface area contributed by atoms with E-state index in [2.05, 4.69) is 31.2 Å². The molecule has 1 aliphatic rings. The largest absolute Gasteiger partial charge is 0.458 e. The van der Waals surface area contributed by atoms with Gasteiger partial charge in [0.1, 0.15) is 6.10 Å². The summed E-state index contributed by atoms with van der Waals surface area (Å²) < 4.78 is 6.60. The molecule has 2 amide bonds. The molecule has 1 saturated heterocycles. The lowest BCUT2D eigenvalue weighted by atomic mass is 10.1. The molecule has 2 heterocycles. The van der Waals surface area contributed by atoms with Gasteiger partial charge in [-0.25, -0.2) is 14.8 Å². The second-order valence-corrected chi connectivity index (χ2v) is 6.72. The molecular formula is C17H19BrN4O2. The number of benzene rings is 1. The SMILES string of the molecule is Cc1ccc(NC(=O)N2CCCC(Oc3ncc(Br)cn3)C2)cc1. The summed E-state index contributed by atoms with van der Waals surface area (Å²) in [6, 6.07) is 7.99. The van der Waals surface area contributed by atoms with Gasteiger partial charge in [-0.3, -0.25) is 0 Å². The molecule has 6 nitrogen and oxygen atoms in total. The van der Waals surface area contributed by atoms with Gasteiger partial charge in [0.15, 0.2) is 0 Å². The van der Waals surface area contributed by atoms with Crippen LogP contribution in [0, 0.1) is 6.92 Å². The minimum Gasteiger partial charge on any atom is -0.458 e. The van der Waals surface area contributed by atoms with Crippen molar-refractivity contribution in [3.8, 4) is 6.01 Å². The third-order valence-corrected chi connectivity index (χ3v) is 4.25. The van der Waals surface area contributed by atoms with E-state index in [1.807, 2.05) is 31.2 Å². The van der Waals surface area contributed by atoms with Gasteiger partial charge in [-0.1, -0.05) is 17.7 Å². The van der Waals surface area contributed by atoms with Gasteiger partial charge < -0.3 is 15.0 Å². The number of amides is 2. The van der Waals surface area contributed by atoms with Crippen LogP contribution in [0.25, 0.3) is 0 Å². The first-order valence-electron chi connectivity index (χ1n) is 7.87. The molecule has 3 rings (SSSR count). The van der Waals surface area contributed by atoms with Gasteiger partial charge in [-0.15, -0.1) is 0 Å². The topological polar surface area (TPSA) is 67.4 Å². The van der Waals surface area contributed by atoms with Gasteiger partial charge in [0, 0.05) is 24.6 Å². The first-order valence-corrected chi connectivity index (χ1v) is 8.66. The van der Waals surface area contributed by atoms with Crippen LogP contribution in [0.5, 0.6) is 6.01 Å². The molecule has 126 valence electrons. The molecule has 1 aromatic heterocycles. The first-order chi connectivity index (χ1) is 11.6. The average Bonchev–Trinajstić information content (AvgIpc) is 2.59. The normalized spacial score (nSPS) is 17.4. The lowest BCUT2D eigenvalue weighted by Gasteiger charge is -2.32. The Morgan fingerprint density at radius 2 is 2.00 bits per heavy atom. The van der Waals surface area contributed by atoms with Gasteiger partial charge in [-0.2, -0.15) is 0 Å². The monoisotopic (exact) mass is 390 g/mol. The average molecular weight is 391 g/mol. The fraction of sp³-hybridized carbons (Fsp3) is 0.353. The van der Waals surface area contributed by atoms with Crippen LogP contribution in [0.1, 0.15) is 18.4 Å². The van der Waals surface area contributed by atoms with Gasteiger partial charge >= 0.3 is 12.0 Å². The number of aromatic nitrogens is 2. The van der Waals surface area contributed by atoms with Crippen molar-refractivity contribution < 1.29 is 9.53 Å². The van der Waals surface area contributed by atoms with Crippen molar-refractivity contribution >= 4 is 27.6 Å². The number of halogens is 1. The zero-order valence-corrected chi connectivity index (χ0v) is 15.0. The predicted octanol–water partition coefficient (Wildman–Crippen LogP) is 3.62. The third-order valence-electron chi connectivity index (χ3n) is 3.84. The standard InChI is InChI=1S/C17H19BrN4O2/c1-12-4-6-14(7-5-12)21-17(23)22-8-2-3-15(11-22)24-16-19-9-13(18)10-20-16/h4-7,9-10,15H,2-3,8,11H2,1H3,(H,21,23). The van der Waals surface area contributed by atoms with E-state index in [-0.39, 0.29) is 12.1 Å². The Hall–Kier alpha value is -2.15. The highest BCUT2D eigenvalue weighted by Crippen LogP contribution is 2.18. The second-order valence-electron chi connectivity index (χ2n) is 5.81. The summed E-state index contributed by atoms with van der Waals surface area (Å²) >= 11 is 3.29. The third kappa shape index (κ3) is 4.44. The number of nitrogens with one attached hydrogen (secondary N) is 1. The molecule has 7 heteroatoms. The Labute approximate surface area is 149 Å². The molecule has 0 spiro atoms. The molecule has 1 atom stereocenters. The van der Waals surface area contributed by atoms with E-state index in [9.17, 15) is 4.79 Å². The number of hydrogen-bond donors (Lipinski definition) is 1.